The van der Waals surface area contributed by atoms with Gasteiger partial charge in [-0.15, -0.1) is 0 Å². The fourth-order valence-electron chi connectivity index (χ4n) is 0.957. The minimum atomic E-state index is -0.679. The first-order valence-corrected chi connectivity index (χ1v) is 5.24. The molecule has 0 unspecified atom stereocenters. The van der Waals surface area contributed by atoms with Gasteiger partial charge >= 0.3 is 5.88 Å². The number of hydrogen-bond donors (Lipinski definition) is 0. The van der Waals surface area contributed by atoms with Crippen LogP contribution < -0.4 is 0 Å². The number of hydrogen-bond acceptors (Lipinski definition) is 4. The fourth-order valence-corrected chi connectivity index (χ4v) is 1.49. The number of rotatable bonds is 4. The Kier molecular flexibility index (Phi) is 3.84. The summed E-state index contributed by atoms with van der Waals surface area (Å²) in [5.41, 5.74) is 0. The Balaban J connectivity index is 2.78. The van der Waals surface area contributed by atoms with Crippen LogP contribution in [0.2, 0.25) is 0 Å². The lowest BCUT2D eigenvalue weighted by Gasteiger charge is -2.12. The zero-order chi connectivity index (χ0) is 11.4. The van der Waals surface area contributed by atoms with Crippen LogP contribution in [0.4, 0.5) is 5.88 Å². The molecule has 6 nitrogen and oxygen atoms in total. The van der Waals surface area contributed by atoms with Crippen LogP contribution in [0.1, 0.15) is 10.6 Å². The van der Waals surface area contributed by atoms with E-state index in [1.807, 2.05) is 0 Å². The normalized spacial score (nSPS) is 10.0. The highest BCUT2D eigenvalue weighted by molar-refractivity contribution is 9.09. The maximum atomic E-state index is 11.6. The van der Waals surface area contributed by atoms with Gasteiger partial charge in [-0.1, -0.05) is 15.9 Å². The molecule has 0 spiro atoms. The molecule has 0 atom stereocenters. The molecule has 0 N–H and O–H groups in total. The zero-order valence-corrected chi connectivity index (χ0v) is 9.56. The van der Waals surface area contributed by atoms with E-state index >= 15 is 0 Å². The summed E-state index contributed by atoms with van der Waals surface area (Å²) in [6.07, 6.45) is 0. The summed E-state index contributed by atoms with van der Waals surface area (Å²) in [7, 11) is 1.60. The van der Waals surface area contributed by atoms with Crippen molar-refractivity contribution < 1.29 is 14.1 Å². The SMILES string of the molecule is CN(CCBr)C(=O)c1ccc([N+](=O)[O-])o1. The van der Waals surface area contributed by atoms with E-state index in [-0.39, 0.29) is 11.7 Å². The minimum Gasteiger partial charge on any atom is -0.395 e. The maximum Gasteiger partial charge on any atom is 0.433 e. The third-order valence-corrected chi connectivity index (χ3v) is 2.10. The molecule has 1 heterocycles. The molecule has 0 bridgehead atoms. The first kappa shape index (κ1) is 11.7. The molecular formula is C8H9BrN2O4. The van der Waals surface area contributed by atoms with Crippen LogP contribution in [0.25, 0.3) is 0 Å². The van der Waals surface area contributed by atoms with E-state index in [1.54, 1.807) is 7.05 Å². The summed E-state index contributed by atoms with van der Waals surface area (Å²) in [4.78, 5) is 22.6. The molecule has 0 aromatic carbocycles. The average Bonchev–Trinajstić information content (AvgIpc) is 2.65. The molecule has 1 amide bonds. The van der Waals surface area contributed by atoms with Crippen molar-refractivity contribution in [2.75, 3.05) is 18.9 Å². The van der Waals surface area contributed by atoms with Gasteiger partial charge in [-0.2, -0.15) is 0 Å². The summed E-state index contributed by atoms with van der Waals surface area (Å²) >= 11 is 3.19. The van der Waals surface area contributed by atoms with Crippen LogP contribution in [-0.4, -0.2) is 34.7 Å². The second kappa shape index (κ2) is 4.92. The highest BCUT2D eigenvalue weighted by Crippen LogP contribution is 2.16. The number of halogens is 1. The average molecular weight is 277 g/mol. The molecule has 82 valence electrons. The van der Waals surface area contributed by atoms with Crippen molar-refractivity contribution in [3.63, 3.8) is 0 Å². The molecule has 0 aliphatic rings. The minimum absolute atomic E-state index is 0.0230. The van der Waals surface area contributed by atoms with Crippen molar-refractivity contribution in [1.29, 1.82) is 0 Å². The van der Waals surface area contributed by atoms with Gasteiger partial charge < -0.3 is 9.32 Å². The Morgan fingerprint density at radius 2 is 2.33 bits per heavy atom. The van der Waals surface area contributed by atoms with Crippen molar-refractivity contribution in [3.05, 3.63) is 28.0 Å². The maximum absolute atomic E-state index is 11.6. The van der Waals surface area contributed by atoms with E-state index < -0.39 is 10.8 Å². The predicted molar refractivity (Wildman–Crippen MR) is 56.1 cm³/mol. The smallest absolute Gasteiger partial charge is 0.395 e. The van der Waals surface area contributed by atoms with Crippen LogP contribution in [-0.2, 0) is 0 Å². The van der Waals surface area contributed by atoms with E-state index in [9.17, 15) is 14.9 Å². The van der Waals surface area contributed by atoms with Crippen LogP contribution >= 0.6 is 15.9 Å². The number of carbonyl (C=O) groups excluding carboxylic acids is 1. The number of furan rings is 1. The molecule has 15 heavy (non-hydrogen) atoms. The zero-order valence-electron chi connectivity index (χ0n) is 7.97. The molecule has 0 aliphatic carbocycles. The summed E-state index contributed by atoms with van der Waals surface area (Å²) < 4.78 is 4.77. The number of nitrogens with zero attached hydrogens (tertiary/aromatic N) is 2. The van der Waals surface area contributed by atoms with Gasteiger partial charge in [0.15, 0.2) is 5.76 Å². The molecular weight excluding hydrogens is 268 g/mol. The number of amides is 1. The monoisotopic (exact) mass is 276 g/mol. The lowest BCUT2D eigenvalue weighted by atomic mass is 10.4. The van der Waals surface area contributed by atoms with E-state index in [4.69, 9.17) is 4.42 Å². The van der Waals surface area contributed by atoms with Gasteiger partial charge in [0, 0.05) is 18.9 Å². The molecule has 7 heteroatoms. The van der Waals surface area contributed by atoms with E-state index in [1.165, 1.54) is 11.0 Å². The van der Waals surface area contributed by atoms with E-state index in [0.29, 0.717) is 11.9 Å². The van der Waals surface area contributed by atoms with Crippen LogP contribution in [0.15, 0.2) is 16.5 Å². The largest absolute Gasteiger partial charge is 0.433 e. The Morgan fingerprint density at radius 3 is 2.80 bits per heavy atom. The molecule has 0 saturated heterocycles. The summed E-state index contributed by atoms with van der Waals surface area (Å²) in [6.45, 7) is 0.507. The van der Waals surface area contributed by atoms with Gasteiger partial charge in [0.05, 0.1) is 6.07 Å². The summed E-state index contributed by atoms with van der Waals surface area (Å²) in [6, 6.07) is 2.46. The van der Waals surface area contributed by atoms with Crippen molar-refractivity contribution in [3.8, 4) is 0 Å². The molecule has 1 aromatic rings. The Morgan fingerprint density at radius 1 is 1.67 bits per heavy atom. The topological polar surface area (TPSA) is 76.6 Å². The Labute approximate surface area is 94.1 Å². The third kappa shape index (κ3) is 2.79. The standard InChI is InChI=1S/C8H9BrN2O4/c1-10(5-4-9)8(12)6-2-3-7(15-6)11(13)14/h2-3H,4-5H2,1H3. The molecule has 1 rings (SSSR count). The highest BCUT2D eigenvalue weighted by atomic mass is 79.9. The number of carbonyl (C=O) groups is 1. The van der Waals surface area contributed by atoms with Gasteiger partial charge in [-0.05, 0) is 6.07 Å². The number of alkyl halides is 1. The van der Waals surface area contributed by atoms with Gasteiger partial charge in [0.2, 0.25) is 0 Å². The quantitative estimate of drug-likeness (QED) is 0.476. The van der Waals surface area contributed by atoms with Gasteiger partial charge in [-0.3, -0.25) is 14.9 Å². The molecule has 0 saturated carbocycles. The van der Waals surface area contributed by atoms with Gasteiger partial charge in [0.1, 0.15) is 4.92 Å². The summed E-state index contributed by atoms with van der Waals surface area (Å²) in [5.74, 6) is -0.821. The van der Waals surface area contributed by atoms with Crippen molar-refractivity contribution in [2.24, 2.45) is 0 Å². The first-order valence-electron chi connectivity index (χ1n) is 4.12. The molecule has 0 radical (unpaired) electrons. The van der Waals surface area contributed by atoms with Gasteiger partial charge in [-0.25, -0.2) is 0 Å². The van der Waals surface area contributed by atoms with Crippen LogP contribution in [0.5, 0.6) is 0 Å². The van der Waals surface area contributed by atoms with Crippen molar-refractivity contribution >= 4 is 27.7 Å². The molecule has 0 fully saturated rings. The Bertz CT molecular complexity index is 376. The lowest BCUT2D eigenvalue weighted by molar-refractivity contribution is -0.402. The van der Waals surface area contributed by atoms with Crippen LogP contribution in [0.3, 0.4) is 0 Å². The molecule has 1 aromatic heterocycles. The second-order valence-electron chi connectivity index (χ2n) is 2.81. The van der Waals surface area contributed by atoms with E-state index in [2.05, 4.69) is 15.9 Å². The van der Waals surface area contributed by atoms with Gasteiger partial charge in [0.25, 0.3) is 5.91 Å². The van der Waals surface area contributed by atoms with Crippen molar-refractivity contribution in [1.82, 2.24) is 4.90 Å². The first-order chi connectivity index (χ1) is 7.06. The molecule has 0 aliphatic heterocycles. The number of nitro groups is 1. The predicted octanol–water partition coefficient (Wildman–Crippen LogP) is 1.65. The van der Waals surface area contributed by atoms with E-state index in [0.717, 1.165) is 6.07 Å². The van der Waals surface area contributed by atoms with Crippen LogP contribution in [0, 0.1) is 10.1 Å². The fraction of sp³-hybridized carbons (Fsp3) is 0.375. The summed E-state index contributed by atoms with van der Waals surface area (Å²) in [5, 5.41) is 10.9. The Hall–Kier alpha value is -1.37. The lowest BCUT2D eigenvalue weighted by Crippen LogP contribution is -2.28. The van der Waals surface area contributed by atoms with Crippen molar-refractivity contribution in [2.45, 2.75) is 0 Å². The highest BCUT2D eigenvalue weighted by Gasteiger charge is 2.19. The second-order valence-corrected chi connectivity index (χ2v) is 3.60. The third-order valence-electron chi connectivity index (χ3n) is 1.75.